The second-order valence-electron chi connectivity index (χ2n) is 8.84. The van der Waals surface area contributed by atoms with Gasteiger partial charge in [0.15, 0.2) is 0 Å². The maximum absolute atomic E-state index is 13.6. The molecule has 2 aromatic carbocycles. The topological polar surface area (TPSA) is 69.2 Å². The first-order valence-corrected chi connectivity index (χ1v) is 12.4. The van der Waals surface area contributed by atoms with Crippen molar-refractivity contribution in [2.24, 2.45) is 4.99 Å². The molecule has 2 aromatic rings. The minimum Gasteiger partial charge on any atom is -0.484 e. The van der Waals surface area contributed by atoms with Crippen molar-refractivity contribution in [3.8, 4) is 5.75 Å². The molecule has 0 aromatic heterocycles. The van der Waals surface area contributed by atoms with Crippen molar-refractivity contribution < 1.29 is 9.53 Å². The highest BCUT2D eigenvalue weighted by Crippen LogP contribution is 2.26. The number of carbonyl (C=O) groups is 1. The molecule has 2 heterocycles. The summed E-state index contributed by atoms with van der Waals surface area (Å²) in [4.78, 5) is 22.1. The van der Waals surface area contributed by atoms with Gasteiger partial charge in [-0.15, -0.1) is 0 Å². The van der Waals surface area contributed by atoms with Gasteiger partial charge in [0.1, 0.15) is 17.7 Å². The van der Waals surface area contributed by atoms with Crippen LogP contribution in [-0.4, -0.2) is 61.8 Å². The molecule has 1 amide bonds. The largest absolute Gasteiger partial charge is 0.484 e. The second-order valence-corrected chi connectivity index (χ2v) is 8.84. The number of ether oxygens (including phenoxy) is 1. The Morgan fingerprint density at radius 1 is 1.14 bits per heavy atom. The van der Waals surface area contributed by atoms with Gasteiger partial charge in [-0.25, -0.2) is 0 Å². The van der Waals surface area contributed by atoms with E-state index >= 15 is 0 Å². The van der Waals surface area contributed by atoms with Crippen molar-refractivity contribution >= 4 is 11.7 Å². The van der Waals surface area contributed by atoms with Crippen LogP contribution < -0.4 is 15.4 Å². The normalized spacial score (nSPS) is 17.9. The summed E-state index contributed by atoms with van der Waals surface area (Å²) < 4.78 is 6.36. The maximum atomic E-state index is 13.6. The number of amidine groups is 1. The van der Waals surface area contributed by atoms with Gasteiger partial charge in [-0.2, -0.15) is 0 Å². The Morgan fingerprint density at radius 3 is 2.75 bits per heavy atom. The van der Waals surface area contributed by atoms with Gasteiger partial charge in [-0.3, -0.25) is 9.79 Å². The van der Waals surface area contributed by atoms with Crippen molar-refractivity contribution in [3.05, 3.63) is 101 Å². The fourth-order valence-electron chi connectivity index (χ4n) is 4.36. The van der Waals surface area contributed by atoms with Crippen LogP contribution in [0.25, 0.3) is 0 Å². The third-order valence-corrected chi connectivity index (χ3v) is 6.22. The quantitative estimate of drug-likeness (QED) is 0.598. The Bertz CT molecular complexity index is 1170. The van der Waals surface area contributed by atoms with Crippen molar-refractivity contribution in [3.63, 3.8) is 0 Å². The number of aliphatic imine (C=N–C) groups is 1. The molecule has 7 heteroatoms. The molecule has 1 fully saturated rings. The first-order valence-electron chi connectivity index (χ1n) is 12.4. The summed E-state index contributed by atoms with van der Waals surface area (Å²) in [6, 6.07) is 18.2. The van der Waals surface area contributed by atoms with E-state index in [9.17, 15) is 4.79 Å². The molecule has 2 N–H and O–H groups in total. The summed E-state index contributed by atoms with van der Waals surface area (Å²) in [6.45, 7) is 5.22. The number of rotatable bonds is 8. The number of likely N-dealkylation sites (N-methyl/N-ethyl adjacent to an activating group) is 2. The Labute approximate surface area is 213 Å². The molecule has 4 rings (SSSR count). The number of hydrogen-bond donors (Lipinski definition) is 2. The van der Waals surface area contributed by atoms with Gasteiger partial charge in [-0.05, 0) is 49.4 Å². The Kier molecular flexibility index (Phi) is 8.57. The highest BCUT2D eigenvalue weighted by Gasteiger charge is 2.28. The van der Waals surface area contributed by atoms with E-state index < -0.39 is 0 Å². The summed E-state index contributed by atoms with van der Waals surface area (Å²) in [7, 11) is 3.94. The molecule has 1 saturated heterocycles. The first kappa shape index (κ1) is 25.3. The molecular formula is C29H35N5O2. The third kappa shape index (κ3) is 6.23. The lowest BCUT2D eigenvalue weighted by Gasteiger charge is -2.23. The summed E-state index contributed by atoms with van der Waals surface area (Å²) in [5.74, 6) is 1.52. The number of benzene rings is 2. The maximum Gasteiger partial charge on any atom is 0.257 e. The molecule has 0 saturated carbocycles. The number of nitrogens with zero attached hydrogens (tertiary/aromatic N) is 3. The predicted octanol–water partition coefficient (Wildman–Crippen LogP) is 3.65. The van der Waals surface area contributed by atoms with Gasteiger partial charge < -0.3 is 25.2 Å². The first-order chi connectivity index (χ1) is 17.6. The van der Waals surface area contributed by atoms with Crippen LogP contribution in [0.3, 0.4) is 0 Å². The fourth-order valence-corrected chi connectivity index (χ4v) is 4.36. The minimum atomic E-state index is -0.106. The van der Waals surface area contributed by atoms with E-state index in [0.717, 1.165) is 35.0 Å². The highest BCUT2D eigenvalue weighted by atomic mass is 16.5. The van der Waals surface area contributed by atoms with Crippen LogP contribution in [-0.2, 0) is 11.3 Å². The Hall–Kier alpha value is -3.84. The van der Waals surface area contributed by atoms with Crippen molar-refractivity contribution in [1.29, 1.82) is 0 Å². The summed E-state index contributed by atoms with van der Waals surface area (Å²) >= 11 is 0. The number of allylic oxidation sites excluding steroid dienone is 2. The van der Waals surface area contributed by atoms with E-state index in [-0.39, 0.29) is 12.0 Å². The van der Waals surface area contributed by atoms with Gasteiger partial charge in [0.05, 0.1) is 11.3 Å². The van der Waals surface area contributed by atoms with Crippen LogP contribution in [0.1, 0.15) is 24.2 Å². The predicted molar refractivity (Wildman–Crippen MR) is 145 cm³/mol. The molecule has 1 unspecified atom stereocenters. The fraction of sp³-hybridized carbons (Fsp3) is 0.310. The molecular weight excluding hydrogens is 450 g/mol. The SMILES string of the molecule is CCN=C1C=CC=C2C(=CN1)C(=O)N(Cc1cccc(OC(CNC)c3ccccc3)c1)CCN2C. The molecule has 0 radical (unpaired) electrons. The molecule has 2 aliphatic heterocycles. The number of fused-ring (bicyclic) bond motifs is 1. The monoisotopic (exact) mass is 485 g/mol. The molecule has 1 atom stereocenters. The second kappa shape index (κ2) is 12.2. The van der Waals surface area contributed by atoms with Gasteiger partial charge in [0.25, 0.3) is 5.91 Å². The average Bonchev–Trinajstić information content (AvgIpc) is 2.98. The minimum absolute atomic E-state index is 0.00656. The van der Waals surface area contributed by atoms with Gasteiger partial charge >= 0.3 is 0 Å². The molecule has 0 aliphatic carbocycles. The average molecular weight is 486 g/mol. The summed E-state index contributed by atoms with van der Waals surface area (Å²) in [6.07, 6.45) is 7.53. The van der Waals surface area contributed by atoms with Crippen LogP contribution in [0.4, 0.5) is 0 Å². The number of hydrogen-bond acceptors (Lipinski definition) is 5. The van der Waals surface area contributed by atoms with Gasteiger partial charge in [-0.1, -0.05) is 48.5 Å². The van der Waals surface area contributed by atoms with E-state index in [2.05, 4.69) is 32.7 Å². The number of carbonyl (C=O) groups excluding carboxylic acids is 1. The lowest BCUT2D eigenvalue weighted by Crippen LogP contribution is -2.33. The third-order valence-electron chi connectivity index (χ3n) is 6.22. The van der Waals surface area contributed by atoms with E-state index in [1.165, 1.54) is 0 Å². The van der Waals surface area contributed by atoms with Gasteiger partial charge in [0.2, 0.25) is 0 Å². The van der Waals surface area contributed by atoms with Crippen LogP contribution in [0.15, 0.2) is 95.3 Å². The molecule has 0 bridgehead atoms. The molecule has 0 spiro atoms. The van der Waals surface area contributed by atoms with E-state index in [0.29, 0.717) is 31.8 Å². The Morgan fingerprint density at radius 2 is 1.97 bits per heavy atom. The van der Waals surface area contributed by atoms with Crippen LogP contribution in [0.5, 0.6) is 5.75 Å². The standard InChI is InChI=1S/C29H35N5O2/c1-4-31-28-15-9-14-26-25(19-32-28)29(35)34(17-16-33(26)3)21-22-10-8-13-24(18-22)36-27(20-30-2)23-11-6-5-7-12-23/h5-15,18-19,27,30H,4,16-17,20-21H2,1-3H3,(H,31,32). The zero-order valence-electron chi connectivity index (χ0n) is 21.3. The molecule has 2 aliphatic rings. The van der Waals surface area contributed by atoms with Crippen LogP contribution in [0.2, 0.25) is 0 Å². The molecule has 7 nitrogen and oxygen atoms in total. The zero-order chi connectivity index (χ0) is 25.3. The summed E-state index contributed by atoms with van der Waals surface area (Å²) in [5, 5.41) is 6.42. The highest BCUT2D eigenvalue weighted by molar-refractivity contribution is 6.00. The summed E-state index contributed by atoms with van der Waals surface area (Å²) in [5.41, 5.74) is 3.68. The number of nitrogens with one attached hydrogen (secondary N) is 2. The van der Waals surface area contributed by atoms with E-state index in [1.807, 2.05) is 86.6 Å². The van der Waals surface area contributed by atoms with E-state index in [1.54, 1.807) is 6.20 Å². The van der Waals surface area contributed by atoms with Crippen LogP contribution in [0, 0.1) is 0 Å². The smallest absolute Gasteiger partial charge is 0.257 e. The molecule has 36 heavy (non-hydrogen) atoms. The van der Waals surface area contributed by atoms with Crippen LogP contribution >= 0.6 is 0 Å². The van der Waals surface area contributed by atoms with Crippen molar-refractivity contribution in [1.82, 2.24) is 20.4 Å². The van der Waals surface area contributed by atoms with Crippen molar-refractivity contribution in [2.75, 3.05) is 40.3 Å². The van der Waals surface area contributed by atoms with Gasteiger partial charge in [0, 0.05) is 46.0 Å². The lowest BCUT2D eigenvalue weighted by molar-refractivity contribution is -0.127. The Balaban J connectivity index is 1.53. The van der Waals surface area contributed by atoms with E-state index in [4.69, 9.17) is 4.74 Å². The lowest BCUT2D eigenvalue weighted by atomic mass is 10.1. The zero-order valence-corrected chi connectivity index (χ0v) is 21.3. The molecule has 188 valence electrons. The van der Waals surface area contributed by atoms with Crippen molar-refractivity contribution in [2.45, 2.75) is 19.6 Å². The number of amides is 1.